The molecule has 0 bridgehead atoms. The number of H-pyrrole nitrogens is 1. The number of nitriles is 1. The number of amides is 1. The van der Waals surface area contributed by atoms with Crippen LogP contribution in [-0.2, 0) is 0 Å². The van der Waals surface area contributed by atoms with Gasteiger partial charge < -0.3 is 20.1 Å². The average molecular weight is 356 g/mol. The van der Waals surface area contributed by atoms with Crippen LogP contribution in [0.4, 0.5) is 0 Å². The zero-order chi connectivity index (χ0) is 18.8. The number of imidazole rings is 1. The zero-order valence-electron chi connectivity index (χ0n) is 15.7. The van der Waals surface area contributed by atoms with Gasteiger partial charge in [0.2, 0.25) is 0 Å². The second-order valence-corrected chi connectivity index (χ2v) is 6.25. The molecule has 0 saturated carbocycles. The Labute approximate surface area is 155 Å². The highest BCUT2D eigenvalue weighted by molar-refractivity contribution is 5.90. The second kappa shape index (κ2) is 10.5. The van der Waals surface area contributed by atoms with Crippen molar-refractivity contribution >= 4 is 5.91 Å². The van der Waals surface area contributed by atoms with Crippen LogP contribution in [0.5, 0.6) is 0 Å². The minimum atomic E-state index is -0.313. The van der Waals surface area contributed by atoms with Crippen LogP contribution in [0.3, 0.4) is 0 Å². The van der Waals surface area contributed by atoms with E-state index in [9.17, 15) is 4.79 Å². The third-order valence-electron chi connectivity index (χ3n) is 4.62. The van der Waals surface area contributed by atoms with Gasteiger partial charge in [-0.15, -0.1) is 0 Å². The molecule has 1 fully saturated rings. The fourth-order valence-corrected chi connectivity index (χ4v) is 2.88. The van der Waals surface area contributed by atoms with Gasteiger partial charge in [-0.3, -0.25) is 4.79 Å². The summed E-state index contributed by atoms with van der Waals surface area (Å²) in [6, 6.07) is 1.89. The molecular formula is C19H28N6O. The molecule has 2 N–H and O–H groups in total. The summed E-state index contributed by atoms with van der Waals surface area (Å²) in [5.74, 6) is -0.153. The Balaban J connectivity index is 1.69. The summed E-state index contributed by atoms with van der Waals surface area (Å²) in [7, 11) is 0. The molecule has 0 unspecified atom stereocenters. The molecule has 1 aromatic rings. The lowest BCUT2D eigenvalue weighted by Crippen LogP contribution is -2.46. The third-order valence-corrected chi connectivity index (χ3v) is 4.62. The molecule has 140 valence electrons. The molecule has 1 aliphatic heterocycles. The SMILES string of the molecule is C/C=C(\C=C/CNC(=O)c1nc(C#N)c[nH]1)CCN1CCN(CC)CC1. The lowest BCUT2D eigenvalue weighted by molar-refractivity contribution is 0.0948. The number of nitrogens with zero attached hydrogens (tertiary/aromatic N) is 4. The minimum absolute atomic E-state index is 0.160. The second-order valence-electron chi connectivity index (χ2n) is 6.25. The van der Waals surface area contributed by atoms with Gasteiger partial charge in [0.1, 0.15) is 6.07 Å². The Morgan fingerprint density at radius 3 is 2.73 bits per heavy atom. The smallest absolute Gasteiger partial charge is 0.287 e. The number of aromatic amines is 1. The highest BCUT2D eigenvalue weighted by atomic mass is 16.2. The van der Waals surface area contributed by atoms with Crippen molar-refractivity contribution in [1.82, 2.24) is 25.1 Å². The first-order chi connectivity index (χ1) is 12.7. The first-order valence-electron chi connectivity index (χ1n) is 9.16. The van der Waals surface area contributed by atoms with Gasteiger partial charge in [-0.1, -0.05) is 30.7 Å². The van der Waals surface area contributed by atoms with Crippen LogP contribution in [0.25, 0.3) is 0 Å². The van der Waals surface area contributed by atoms with Gasteiger partial charge in [0.25, 0.3) is 5.91 Å². The summed E-state index contributed by atoms with van der Waals surface area (Å²) >= 11 is 0. The number of likely N-dealkylation sites (N-methyl/N-ethyl adjacent to an activating group) is 1. The Bertz CT molecular complexity index is 676. The minimum Gasteiger partial charge on any atom is -0.346 e. The van der Waals surface area contributed by atoms with Crippen LogP contribution in [0.15, 0.2) is 30.0 Å². The number of nitrogens with one attached hydrogen (secondary N) is 2. The van der Waals surface area contributed by atoms with Crippen LogP contribution < -0.4 is 5.32 Å². The molecule has 1 aromatic heterocycles. The van der Waals surface area contributed by atoms with E-state index in [0.717, 1.165) is 45.7 Å². The van der Waals surface area contributed by atoms with E-state index in [1.165, 1.54) is 11.8 Å². The monoisotopic (exact) mass is 356 g/mol. The molecule has 0 radical (unpaired) electrons. The largest absolute Gasteiger partial charge is 0.346 e. The first kappa shape index (κ1) is 19.9. The van der Waals surface area contributed by atoms with Crippen molar-refractivity contribution in [3.8, 4) is 6.07 Å². The molecule has 1 aliphatic rings. The van der Waals surface area contributed by atoms with Crippen molar-refractivity contribution in [2.75, 3.05) is 45.8 Å². The van der Waals surface area contributed by atoms with Gasteiger partial charge in [0.05, 0.1) is 0 Å². The van der Waals surface area contributed by atoms with Crippen LogP contribution in [0, 0.1) is 11.3 Å². The van der Waals surface area contributed by atoms with Gasteiger partial charge in [0, 0.05) is 45.5 Å². The maximum Gasteiger partial charge on any atom is 0.287 e. The summed E-state index contributed by atoms with van der Waals surface area (Å²) in [6.45, 7) is 11.5. The first-order valence-corrected chi connectivity index (χ1v) is 9.16. The van der Waals surface area contributed by atoms with Crippen LogP contribution >= 0.6 is 0 Å². The van der Waals surface area contributed by atoms with Crippen molar-refractivity contribution in [1.29, 1.82) is 5.26 Å². The standard InChI is InChI=1S/C19H28N6O/c1-3-16(7-9-25-12-10-24(4-2)11-13-25)6-5-8-21-19(26)18-22-15-17(14-20)23-18/h3,5-6,15H,4,7-13H2,1-2H3,(H,21,26)(H,22,23)/b6-5-,16-3+. The van der Waals surface area contributed by atoms with E-state index in [4.69, 9.17) is 5.26 Å². The zero-order valence-corrected chi connectivity index (χ0v) is 15.7. The summed E-state index contributed by atoms with van der Waals surface area (Å²) in [4.78, 5) is 23.5. The Morgan fingerprint density at radius 1 is 1.38 bits per heavy atom. The van der Waals surface area contributed by atoms with Gasteiger partial charge >= 0.3 is 0 Å². The summed E-state index contributed by atoms with van der Waals surface area (Å²) in [6.07, 6.45) is 8.55. The molecule has 0 aromatic carbocycles. The molecule has 0 atom stereocenters. The summed E-state index contributed by atoms with van der Waals surface area (Å²) < 4.78 is 0. The van der Waals surface area contributed by atoms with Crippen molar-refractivity contribution < 1.29 is 4.79 Å². The molecule has 2 rings (SSSR count). The molecule has 7 nitrogen and oxygen atoms in total. The number of carbonyl (C=O) groups is 1. The van der Waals surface area contributed by atoms with Crippen molar-refractivity contribution in [3.63, 3.8) is 0 Å². The number of hydrogen-bond donors (Lipinski definition) is 2. The van der Waals surface area contributed by atoms with E-state index in [-0.39, 0.29) is 17.4 Å². The van der Waals surface area contributed by atoms with Crippen molar-refractivity contribution in [2.24, 2.45) is 0 Å². The van der Waals surface area contributed by atoms with E-state index in [2.05, 4.69) is 44.2 Å². The lowest BCUT2D eigenvalue weighted by atomic mass is 10.1. The molecule has 1 amide bonds. The van der Waals surface area contributed by atoms with E-state index in [1.807, 2.05) is 19.1 Å². The van der Waals surface area contributed by atoms with Crippen molar-refractivity contribution in [2.45, 2.75) is 20.3 Å². The molecule has 1 saturated heterocycles. The maximum absolute atomic E-state index is 11.9. The fourth-order valence-electron chi connectivity index (χ4n) is 2.88. The Kier molecular flexibility index (Phi) is 8.06. The quantitative estimate of drug-likeness (QED) is 0.690. The molecule has 2 heterocycles. The topological polar surface area (TPSA) is 88.0 Å². The number of hydrogen-bond acceptors (Lipinski definition) is 5. The molecule has 0 spiro atoms. The number of allylic oxidation sites excluding steroid dienone is 2. The number of rotatable bonds is 8. The highest BCUT2D eigenvalue weighted by Crippen LogP contribution is 2.08. The fraction of sp³-hybridized carbons (Fsp3) is 0.526. The third kappa shape index (κ3) is 6.14. The molecule has 0 aliphatic carbocycles. The number of carbonyl (C=O) groups excluding carboxylic acids is 1. The van der Waals surface area contributed by atoms with Gasteiger partial charge in [-0.2, -0.15) is 5.26 Å². The predicted molar refractivity (Wildman–Crippen MR) is 102 cm³/mol. The van der Waals surface area contributed by atoms with Crippen LogP contribution in [0.2, 0.25) is 0 Å². The van der Waals surface area contributed by atoms with E-state index in [0.29, 0.717) is 6.54 Å². The number of aromatic nitrogens is 2. The molecule has 26 heavy (non-hydrogen) atoms. The van der Waals surface area contributed by atoms with Crippen LogP contribution in [0.1, 0.15) is 36.6 Å². The highest BCUT2D eigenvalue weighted by Gasteiger charge is 2.14. The molecule has 7 heteroatoms. The van der Waals surface area contributed by atoms with Gasteiger partial charge in [-0.05, 0) is 19.9 Å². The van der Waals surface area contributed by atoms with E-state index in [1.54, 1.807) is 0 Å². The summed E-state index contributed by atoms with van der Waals surface area (Å²) in [5, 5.41) is 11.5. The van der Waals surface area contributed by atoms with Crippen molar-refractivity contribution in [3.05, 3.63) is 41.5 Å². The summed E-state index contributed by atoms with van der Waals surface area (Å²) in [5.41, 5.74) is 1.48. The molecular weight excluding hydrogens is 328 g/mol. The average Bonchev–Trinajstić information content (AvgIpc) is 3.17. The van der Waals surface area contributed by atoms with Gasteiger partial charge in [0.15, 0.2) is 11.5 Å². The van der Waals surface area contributed by atoms with Gasteiger partial charge in [-0.25, -0.2) is 4.98 Å². The normalized spacial score (nSPS) is 16.7. The lowest BCUT2D eigenvalue weighted by Gasteiger charge is -2.34. The predicted octanol–water partition coefficient (Wildman–Crippen LogP) is 1.54. The Morgan fingerprint density at radius 2 is 2.12 bits per heavy atom. The maximum atomic E-state index is 11.9. The number of piperazine rings is 1. The van der Waals surface area contributed by atoms with E-state index < -0.39 is 0 Å². The Hall–Kier alpha value is -2.43. The van der Waals surface area contributed by atoms with Crippen LogP contribution in [-0.4, -0.2) is 71.5 Å². The van der Waals surface area contributed by atoms with E-state index >= 15 is 0 Å².